The number of rotatable bonds is 10. The molecule has 2 atom stereocenters. The molecular weight excluding hydrogens is 565 g/mol. The monoisotopic (exact) mass is 599 g/mol. The number of nitrogens with one attached hydrogen (secondary N) is 2. The number of benzene rings is 3. The molecule has 3 aromatic rings. The van der Waals surface area contributed by atoms with Gasteiger partial charge in [0.05, 0.1) is 27.3 Å². The molecule has 0 aromatic heterocycles. The minimum absolute atomic E-state index is 0.0150. The standard InChI is InChI=1S/C31H35Cl2N3O3S/c1-40(38,39)35-30(24-10-6-3-7-11-24)15-18-36(19-16-30)22-26-21-31(26,25-12-13-27(32)28(33)20-25)29(37)34-17-14-23-8-4-2-5-9-23/h2-13,20,26,35H,14-19,21-22H2,1H3,(H,34,37)/t26-,31+/m0/s1. The lowest BCUT2D eigenvalue weighted by Crippen LogP contribution is -2.53. The highest BCUT2D eigenvalue weighted by molar-refractivity contribution is 7.88. The summed E-state index contributed by atoms with van der Waals surface area (Å²) in [4.78, 5) is 16.1. The molecule has 2 N–H and O–H groups in total. The van der Waals surface area contributed by atoms with Gasteiger partial charge in [0.25, 0.3) is 0 Å². The lowest BCUT2D eigenvalue weighted by molar-refractivity contribution is -0.124. The fraction of sp³-hybridized carbons (Fsp3) is 0.387. The summed E-state index contributed by atoms with van der Waals surface area (Å²) in [6.45, 7) is 2.75. The topological polar surface area (TPSA) is 78.5 Å². The quantitative estimate of drug-likeness (QED) is 0.338. The number of nitrogens with zero attached hydrogens (tertiary/aromatic N) is 1. The minimum atomic E-state index is -3.41. The van der Waals surface area contributed by atoms with Gasteiger partial charge in [0, 0.05) is 26.2 Å². The molecule has 0 spiro atoms. The highest BCUT2D eigenvalue weighted by Gasteiger charge is 2.61. The van der Waals surface area contributed by atoms with E-state index in [2.05, 4.69) is 27.1 Å². The highest BCUT2D eigenvalue weighted by atomic mass is 35.5. The summed E-state index contributed by atoms with van der Waals surface area (Å²) < 4.78 is 27.5. The first-order chi connectivity index (χ1) is 19.1. The number of halogens is 2. The van der Waals surface area contributed by atoms with Gasteiger partial charge in [-0.2, -0.15) is 0 Å². The van der Waals surface area contributed by atoms with Crippen molar-refractivity contribution in [3.8, 4) is 0 Å². The van der Waals surface area contributed by atoms with Crippen LogP contribution < -0.4 is 10.0 Å². The Balaban J connectivity index is 1.29. The average molecular weight is 601 g/mol. The minimum Gasteiger partial charge on any atom is -0.355 e. The third kappa shape index (κ3) is 6.39. The van der Waals surface area contributed by atoms with Gasteiger partial charge in [-0.3, -0.25) is 4.79 Å². The fourth-order valence-corrected chi connectivity index (χ4v) is 7.53. The molecule has 3 aromatic carbocycles. The van der Waals surface area contributed by atoms with Crippen molar-refractivity contribution in [3.63, 3.8) is 0 Å². The molecule has 5 rings (SSSR count). The number of sulfonamides is 1. The van der Waals surface area contributed by atoms with Crippen molar-refractivity contribution in [2.24, 2.45) is 5.92 Å². The third-order valence-corrected chi connectivity index (χ3v) is 9.88. The van der Waals surface area contributed by atoms with Crippen molar-refractivity contribution in [3.05, 3.63) is 106 Å². The van der Waals surface area contributed by atoms with Crippen LogP contribution in [0.4, 0.5) is 0 Å². The summed E-state index contributed by atoms with van der Waals surface area (Å²) in [5.41, 5.74) is 1.75. The summed E-state index contributed by atoms with van der Waals surface area (Å²) in [6, 6.07) is 25.4. The van der Waals surface area contributed by atoms with Crippen LogP contribution in [0.25, 0.3) is 0 Å². The first-order valence-corrected chi connectivity index (χ1v) is 16.3. The van der Waals surface area contributed by atoms with Gasteiger partial charge in [-0.25, -0.2) is 13.1 Å². The van der Waals surface area contributed by atoms with E-state index < -0.39 is 21.0 Å². The first kappa shape index (κ1) is 29.1. The molecule has 40 heavy (non-hydrogen) atoms. The zero-order valence-corrected chi connectivity index (χ0v) is 24.9. The van der Waals surface area contributed by atoms with Gasteiger partial charge in [-0.15, -0.1) is 0 Å². The second kappa shape index (κ2) is 11.8. The molecule has 1 saturated heterocycles. The van der Waals surface area contributed by atoms with Crippen molar-refractivity contribution in [1.82, 2.24) is 14.9 Å². The summed E-state index contributed by atoms with van der Waals surface area (Å²) in [7, 11) is -3.41. The Morgan fingerprint density at radius 3 is 2.20 bits per heavy atom. The molecule has 0 bridgehead atoms. The van der Waals surface area contributed by atoms with E-state index in [1.54, 1.807) is 6.07 Å². The highest BCUT2D eigenvalue weighted by Crippen LogP contribution is 2.56. The molecule has 1 aliphatic carbocycles. The molecule has 6 nitrogen and oxygen atoms in total. The van der Waals surface area contributed by atoms with Gasteiger partial charge in [-0.1, -0.05) is 89.9 Å². The summed E-state index contributed by atoms with van der Waals surface area (Å²) in [5, 5.41) is 4.09. The number of hydrogen-bond donors (Lipinski definition) is 2. The maximum Gasteiger partial charge on any atom is 0.231 e. The zero-order chi connectivity index (χ0) is 28.4. The van der Waals surface area contributed by atoms with Gasteiger partial charge < -0.3 is 10.2 Å². The van der Waals surface area contributed by atoms with E-state index in [1.165, 1.54) is 11.8 Å². The molecular formula is C31H35Cl2N3O3S. The predicted molar refractivity (Wildman–Crippen MR) is 161 cm³/mol. The van der Waals surface area contributed by atoms with Crippen LogP contribution in [0.3, 0.4) is 0 Å². The first-order valence-electron chi connectivity index (χ1n) is 13.7. The number of carbonyl (C=O) groups is 1. The molecule has 1 aliphatic heterocycles. The third-order valence-electron chi connectivity index (χ3n) is 8.38. The van der Waals surface area contributed by atoms with Crippen LogP contribution in [-0.2, 0) is 32.2 Å². The second-order valence-corrected chi connectivity index (χ2v) is 13.7. The van der Waals surface area contributed by atoms with Crippen molar-refractivity contribution < 1.29 is 13.2 Å². The molecule has 1 amide bonds. The van der Waals surface area contributed by atoms with E-state index in [0.717, 1.165) is 43.6 Å². The maximum atomic E-state index is 13.7. The molecule has 1 heterocycles. The smallest absolute Gasteiger partial charge is 0.231 e. The second-order valence-electron chi connectivity index (χ2n) is 11.1. The van der Waals surface area contributed by atoms with Gasteiger partial charge in [0.1, 0.15) is 0 Å². The van der Waals surface area contributed by atoms with Crippen LogP contribution in [0, 0.1) is 5.92 Å². The number of likely N-dealkylation sites (tertiary alicyclic amines) is 1. The van der Waals surface area contributed by atoms with E-state index in [-0.39, 0.29) is 11.8 Å². The molecule has 2 aliphatic rings. The number of hydrogen-bond acceptors (Lipinski definition) is 4. The molecule has 212 valence electrons. The van der Waals surface area contributed by atoms with Gasteiger partial charge in [0.2, 0.25) is 15.9 Å². The van der Waals surface area contributed by atoms with Crippen LogP contribution in [0.5, 0.6) is 0 Å². The van der Waals surface area contributed by atoms with E-state index in [4.69, 9.17) is 23.2 Å². The molecule has 1 saturated carbocycles. The van der Waals surface area contributed by atoms with Crippen LogP contribution >= 0.6 is 23.2 Å². The van der Waals surface area contributed by atoms with Crippen LogP contribution in [0.15, 0.2) is 78.9 Å². The van der Waals surface area contributed by atoms with E-state index in [9.17, 15) is 13.2 Å². The fourth-order valence-electron chi connectivity index (χ4n) is 6.20. The zero-order valence-electron chi connectivity index (χ0n) is 22.6. The lowest BCUT2D eigenvalue weighted by Gasteiger charge is -2.42. The Kier molecular flexibility index (Phi) is 8.60. The average Bonchev–Trinajstić information content (AvgIpc) is 3.66. The van der Waals surface area contributed by atoms with E-state index >= 15 is 0 Å². The van der Waals surface area contributed by atoms with Crippen LogP contribution in [0.1, 0.15) is 36.0 Å². The Morgan fingerprint density at radius 1 is 0.925 bits per heavy atom. The normalized spacial score (nSPS) is 22.5. The van der Waals surface area contributed by atoms with E-state index in [0.29, 0.717) is 29.4 Å². The Morgan fingerprint density at radius 2 is 1.57 bits per heavy atom. The van der Waals surface area contributed by atoms with Crippen molar-refractivity contribution in [2.45, 2.75) is 36.6 Å². The lowest BCUT2D eigenvalue weighted by atomic mass is 9.81. The van der Waals surface area contributed by atoms with Crippen molar-refractivity contribution >= 4 is 39.1 Å². The number of piperidine rings is 1. The van der Waals surface area contributed by atoms with Crippen molar-refractivity contribution in [2.75, 3.05) is 32.4 Å². The molecule has 0 radical (unpaired) electrons. The Hall–Kier alpha value is -2.42. The number of carbonyl (C=O) groups excluding carboxylic acids is 1. The van der Waals surface area contributed by atoms with Gasteiger partial charge in [0.15, 0.2) is 0 Å². The van der Waals surface area contributed by atoms with Crippen molar-refractivity contribution in [1.29, 1.82) is 0 Å². The van der Waals surface area contributed by atoms with Crippen LogP contribution in [-0.4, -0.2) is 51.7 Å². The largest absolute Gasteiger partial charge is 0.355 e. The predicted octanol–water partition coefficient (Wildman–Crippen LogP) is 5.15. The van der Waals surface area contributed by atoms with Crippen LogP contribution in [0.2, 0.25) is 10.0 Å². The Bertz CT molecular complexity index is 1450. The number of amides is 1. The summed E-state index contributed by atoms with van der Waals surface area (Å²) in [6.07, 6.45) is 4.01. The van der Waals surface area contributed by atoms with Gasteiger partial charge in [-0.05, 0) is 60.4 Å². The molecule has 0 unspecified atom stereocenters. The van der Waals surface area contributed by atoms with E-state index in [1.807, 2.05) is 60.7 Å². The summed E-state index contributed by atoms with van der Waals surface area (Å²) >= 11 is 12.6. The molecule has 9 heteroatoms. The molecule has 2 fully saturated rings. The Labute approximate surface area is 247 Å². The SMILES string of the molecule is CS(=O)(=O)NC1(c2ccccc2)CCN(C[C@@H]2C[C@@]2(C(=O)NCCc2ccccc2)c2ccc(Cl)c(Cl)c2)CC1. The van der Waals surface area contributed by atoms with Gasteiger partial charge >= 0.3 is 0 Å². The summed E-state index contributed by atoms with van der Waals surface area (Å²) in [5.74, 6) is 0.134. The maximum absolute atomic E-state index is 13.7.